The SMILES string of the molecule is CCOCCC1(CNC(=NC)NCCc2cn3cccc(C)c3n2)CCCC1.I. The van der Waals surface area contributed by atoms with Crippen LogP contribution >= 0.6 is 24.0 Å². The van der Waals surface area contributed by atoms with E-state index in [1.165, 1.54) is 31.2 Å². The zero-order chi connectivity index (χ0) is 19.8. The molecule has 162 valence electrons. The van der Waals surface area contributed by atoms with Crippen molar-refractivity contribution in [2.45, 2.75) is 52.4 Å². The number of guanidine groups is 1. The van der Waals surface area contributed by atoms with E-state index in [0.29, 0.717) is 5.41 Å². The molecule has 2 aromatic rings. The van der Waals surface area contributed by atoms with Crippen LogP contribution in [0.3, 0.4) is 0 Å². The second-order valence-corrected chi connectivity index (χ2v) is 7.91. The Kier molecular flexibility index (Phi) is 9.68. The Morgan fingerprint density at radius 3 is 2.79 bits per heavy atom. The summed E-state index contributed by atoms with van der Waals surface area (Å²) in [5, 5.41) is 7.00. The third-order valence-corrected chi connectivity index (χ3v) is 5.90. The molecule has 2 heterocycles. The van der Waals surface area contributed by atoms with Crippen LogP contribution < -0.4 is 10.6 Å². The standard InChI is InChI=1S/C22H35N5O.HI/c1-4-28-15-12-22(10-5-6-11-22)17-25-21(23-3)24-13-9-19-16-27-14-7-8-18(2)20(27)26-19;/h7-8,14,16H,4-6,9-13,15,17H2,1-3H3,(H2,23,24,25);1H. The molecule has 0 amide bonds. The van der Waals surface area contributed by atoms with E-state index in [4.69, 9.17) is 9.72 Å². The Balaban J connectivity index is 0.00000300. The number of nitrogens with zero attached hydrogens (tertiary/aromatic N) is 3. The number of ether oxygens (including phenoxy) is 1. The van der Waals surface area contributed by atoms with E-state index in [1.54, 1.807) is 0 Å². The molecule has 2 aromatic heterocycles. The first-order valence-electron chi connectivity index (χ1n) is 10.6. The minimum atomic E-state index is 0. The van der Waals surface area contributed by atoms with E-state index >= 15 is 0 Å². The molecule has 0 aromatic carbocycles. The topological polar surface area (TPSA) is 63.0 Å². The number of halogens is 1. The summed E-state index contributed by atoms with van der Waals surface area (Å²) in [6.07, 6.45) is 11.4. The van der Waals surface area contributed by atoms with Crippen LogP contribution in [0.2, 0.25) is 0 Å². The van der Waals surface area contributed by atoms with E-state index in [2.05, 4.69) is 58.4 Å². The highest BCUT2D eigenvalue weighted by Gasteiger charge is 2.33. The molecular formula is C22H36IN5O. The van der Waals surface area contributed by atoms with Crippen molar-refractivity contribution in [2.75, 3.05) is 33.4 Å². The van der Waals surface area contributed by atoms with Crippen LogP contribution in [0.15, 0.2) is 29.5 Å². The van der Waals surface area contributed by atoms with Gasteiger partial charge in [-0.1, -0.05) is 18.9 Å². The van der Waals surface area contributed by atoms with Crippen LogP contribution in [0.4, 0.5) is 0 Å². The number of hydrogen-bond donors (Lipinski definition) is 2. The van der Waals surface area contributed by atoms with Crippen molar-refractivity contribution in [1.29, 1.82) is 0 Å². The van der Waals surface area contributed by atoms with Crippen molar-refractivity contribution in [2.24, 2.45) is 10.4 Å². The number of imidazole rings is 1. The summed E-state index contributed by atoms with van der Waals surface area (Å²) < 4.78 is 7.72. The molecule has 1 fully saturated rings. The normalized spacial score (nSPS) is 16.0. The van der Waals surface area contributed by atoms with Gasteiger partial charge in [-0.25, -0.2) is 4.98 Å². The predicted molar refractivity (Wildman–Crippen MR) is 130 cm³/mol. The zero-order valence-electron chi connectivity index (χ0n) is 18.0. The minimum Gasteiger partial charge on any atom is -0.382 e. The number of hydrogen-bond acceptors (Lipinski definition) is 3. The summed E-state index contributed by atoms with van der Waals surface area (Å²) >= 11 is 0. The summed E-state index contributed by atoms with van der Waals surface area (Å²) in [6.45, 7) is 7.60. The van der Waals surface area contributed by atoms with Crippen molar-refractivity contribution >= 4 is 35.6 Å². The molecule has 0 atom stereocenters. The van der Waals surface area contributed by atoms with Gasteiger partial charge in [-0.15, -0.1) is 24.0 Å². The average Bonchev–Trinajstić information content (AvgIpc) is 3.33. The average molecular weight is 513 g/mol. The Labute approximate surface area is 191 Å². The van der Waals surface area contributed by atoms with Gasteiger partial charge in [-0.3, -0.25) is 4.99 Å². The first kappa shape index (κ1) is 23.9. The fourth-order valence-electron chi connectivity index (χ4n) is 4.20. The number of pyridine rings is 1. The van der Waals surface area contributed by atoms with E-state index < -0.39 is 0 Å². The van der Waals surface area contributed by atoms with Crippen molar-refractivity contribution in [3.8, 4) is 0 Å². The molecule has 1 saturated carbocycles. The Hall–Kier alpha value is -1.35. The van der Waals surface area contributed by atoms with Gasteiger partial charge in [-0.05, 0) is 50.2 Å². The van der Waals surface area contributed by atoms with Crippen molar-refractivity contribution < 1.29 is 4.74 Å². The molecule has 0 saturated heterocycles. The lowest BCUT2D eigenvalue weighted by molar-refractivity contribution is 0.105. The molecule has 6 nitrogen and oxygen atoms in total. The molecular weight excluding hydrogens is 477 g/mol. The maximum absolute atomic E-state index is 5.62. The maximum atomic E-state index is 5.62. The second-order valence-electron chi connectivity index (χ2n) is 7.91. The highest BCUT2D eigenvalue weighted by molar-refractivity contribution is 14.0. The van der Waals surface area contributed by atoms with Crippen molar-refractivity contribution in [1.82, 2.24) is 20.0 Å². The molecule has 1 aliphatic carbocycles. The monoisotopic (exact) mass is 513 g/mol. The van der Waals surface area contributed by atoms with Gasteiger partial charge in [-0.2, -0.15) is 0 Å². The van der Waals surface area contributed by atoms with Crippen LogP contribution in [0, 0.1) is 12.3 Å². The Morgan fingerprint density at radius 1 is 1.31 bits per heavy atom. The first-order chi connectivity index (χ1) is 13.7. The summed E-state index contributed by atoms with van der Waals surface area (Å²) in [7, 11) is 1.84. The van der Waals surface area contributed by atoms with Gasteiger partial charge in [0.2, 0.25) is 0 Å². The third kappa shape index (κ3) is 6.57. The van der Waals surface area contributed by atoms with Gasteiger partial charge in [0.05, 0.1) is 5.69 Å². The number of aryl methyl sites for hydroxylation is 1. The molecule has 0 radical (unpaired) electrons. The number of nitrogens with one attached hydrogen (secondary N) is 2. The minimum absolute atomic E-state index is 0. The summed E-state index contributed by atoms with van der Waals surface area (Å²) in [6, 6.07) is 4.16. The van der Waals surface area contributed by atoms with Crippen LogP contribution in [0.1, 0.15) is 50.3 Å². The molecule has 0 aliphatic heterocycles. The van der Waals surface area contributed by atoms with Gasteiger partial charge in [0.25, 0.3) is 0 Å². The van der Waals surface area contributed by atoms with Gasteiger partial charge in [0.1, 0.15) is 5.65 Å². The first-order valence-corrected chi connectivity index (χ1v) is 10.6. The van der Waals surface area contributed by atoms with Gasteiger partial charge in [0.15, 0.2) is 5.96 Å². The lowest BCUT2D eigenvalue weighted by Gasteiger charge is -2.30. The largest absolute Gasteiger partial charge is 0.382 e. The second kappa shape index (κ2) is 11.7. The van der Waals surface area contributed by atoms with Gasteiger partial charge < -0.3 is 19.8 Å². The van der Waals surface area contributed by atoms with Crippen molar-refractivity contribution in [3.63, 3.8) is 0 Å². The van der Waals surface area contributed by atoms with E-state index in [1.807, 2.05) is 7.05 Å². The number of aromatic nitrogens is 2. The Bertz CT molecular complexity index is 783. The molecule has 29 heavy (non-hydrogen) atoms. The molecule has 2 N–H and O–H groups in total. The fourth-order valence-corrected chi connectivity index (χ4v) is 4.20. The number of fused-ring (bicyclic) bond motifs is 1. The van der Waals surface area contributed by atoms with E-state index in [-0.39, 0.29) is 24.0 Å². The summed E-state index contributed by atoms with van der Waals surface area (Å²) in [5.74, 6) is 0.877. The molecule has 7 heteroatoms. The van der Waals surface area contributed by atoms with Crippen LogP contribution in [-0.2, 0) is 11.2 Å². The summed E-state index contributed by atoms with van der Waals surface area (Å²) in [4.78, 5) is 9.15. The molecule has 0 unspecified atom stereocenters. The quantitative estimate of drug-likeness (QED) is 0.231. The van der Waals surface area contributed by atoms with E-state index in [9.17, 15) is 0 Å². The highest BCUT2D eigenvalue weighted by Crippen LogP contribution is 2.40. The van der Waals surface area contributed by atoms with Gasteiger partial charge in [0, 0.05) is 52.2 Å². The smallest absolute Gasteiger partial charge is 0.191 e. The highest BCUT2D eigenvalue weighted by atomic mass is 127. The fraction of sp³-hybridized carbons (Fsp3) is 0.636. The Morgan fingerprint density at radius 2 is 2.10 bits per heavy atom. The van der Waals surface area contributed by atoms with Crippen LogP contribution in [-0.4, -0.2) is 48.7 Å². The molecule has 0 bridgehead atoms. The zero-order valence-corrected chi connectivity index (χ0v) is 20.4. The van der Waals surface area contributed by atoms with Crippen LogP contribution in [0.5, 0.6) is 0 Å². The van der Waals surface area contributed by atoms with Crippen molar-refractivity contribution in [3.05, 3.63) is 35.8 Å². The number of rotatable bonds is 9. The molecule has 0 spiro atoms. The van der Waals surface area contributed by atoms with E-state index in [0.717, 1.165) is 56.4 Å². The van der Waals surface area contributed by atoms with Gasteiger partial charge >= 0.3 is 0 Å². The maximum Gasteiger partial charge on any atom is 0.191 e. The molecule has 3 rings (SSSR count). The molecule has 1 aliphatic rings. The van der Waals surface area contributed by atoms with Crippen LogP contribution in [0.25, 0.3) is 5.65 Å². The predicted octanol–water partition coefficient (Wildman–Crippen LogP) is 3.96. The lowest BCUT2D eigenvalue weighted by Crippen LogP contribution is -2.44. The third-order valence-electron chi connectivity index (χ3n) is 5.90. The number of aliphatic imine (C=N–C) groups is 1. The summed E-state index contributed by atoms with van der Waals surface area (Å²) in [5.41, 5.74) is 3.69. The lowest BCUT2D eigenvalue weighted by atomic mass is 9.83.